The van der Waals surface area contributed by atoms with Gasteiger partial charge in [0.1, 0.15) is 12.6 Å². The van der Waals surface area contributed by atoms with Crippen LogP contribution in [0.3, 0.4) is 0 Å². The highest BCUT2D eigenvalue weighted by Gasteiger charge is 2.28. The highest BCUT2D eigenvalue weighted by atomic mass is 32.1. The number of ether oxygens (including phenoxy) is 1. The Hall–Kier alpha value is -4.82. The van der Waals surface area contributed by atoms with Crippen LogP contribution in [0, 0.1) is 0 Å². The summed E-state index contributed by atoms with van der Waals surface area (Å²) in [4.78, 5) is 66.1. The van der Waals surface area contributed by atoms with Gasteiger partial charge in [-0.15, -0.1) is 22.7 Å². The monoisotopic (exact) mass is 787 g/mol. The van der Waals surface area contributed by atoms with E-state index < -0.39 is 18.2 Å². The highest BCUT2D eigenvalue weighted by Crippen LogP contribution is 2.20. The molecule has 5 rings (SSSR count). The summed E-state index contributed by atoms with van der Waals surface area (Å²) in [5, 5.41) is 12.3. The van der Waals surface area contributed by atoms with E-state index in [0.717, 1.165) is 39.5 Å². The maximum absolute atomic E-state index is 14.2. The maximum atomic E-state index is 14.2. The Morgan fingerprint density at radius 2 is 1.64 bits per heavy atom. The third-order valence-corrected chi connectivity index (χ3v) is 11.5. The van der Waals surface area contributed by atoms with Gasteiger partial charge in [-0.25, -0.2) is 14.6 Å². The molecule has 55 heavy (non-hydrogen) atoms. The molecule has 1 aliphatic rings. The van der Waals surface area contributed by atoms with Crippen LogP contribution in [-0.2, 0) is 40.3 Å². The average molecular weight is 788 g/mol. The van der Waals surface area contributed by atoms with Gasteiger partial charge in [-0.1, -0.05) is 74.5 Å². The topological polar surface area (TPSA) is 146 Å². The molecule has 0 aliphatic carbocycles. The van der Waals surface area contributed by atoms with Crippen LogP contribution in [-0.4, -0.2) is 82.0 Å². The zero-order valence-electron chi connectivity index (χ0n) is 31.9. The third kappa shape index (κ3) is 13.8. The molecule has 1 aliphatic heterocycles. The molecule has 1 fully saturated rings. The van der Waals surface area contributed by atoms with Crippen LogP contribution in [0.1, 0.15) is 85.0 Å². The van der Waals surface area contributed by atoms with E-state index in [-0.39, 0.29) is 36.9 Å². The summed E-state index contributed by atoms with van der Waals surface area (Å²) in [5.74, 6) is 0.0394. The summed E-state index contributed by atoms with van der Waals surface area (Å²) in [6.07, 6.45) is 5.86. The molecule has 12 nitrogen and oxygen atoms in total. The zero-order valence-corrected chi connectivity index (χ0v) is 33.6. The Morgan fingerprint density at radius 1 is 0.909 bits per heavy atom. The van der Waals surface area contributed by atoms with E-state index in [4.69, 9.17) is 4.74 Å². The molecule has 294 valence electrons. The summed E-state index contributed by atoms with van der Waals surface area (Å²) in [7, 11) is 1.69. The molecule has 0 spiro atoms. The molecule has 0 radical (unpaired) electrons. The summed E-state index contributed by atoms with van der Waals surface area (Å²) in [6, 6.07) is 18.3. The van der Waals surface area contributed by atoms with Gasteiger partial charge in [0.25, 0.3) is 0 Å². The number of rotatable bonds is 20. The molecule has 0 bridgehead atoms. The Kier molecular flexibility index (Phi) is 16.0. The van der Waals surface area contributed by atoms with Gasteiger partial charge in [0.15, 0.2) is 0 Å². The van der Waals surface area contributed by atoms with Crippen molar-refractivity contribution in [3.8, 4) is 0 Å². The Bertz CT molecular complexity index is 1790. The SMILES string of the molecule is CC(C)c1nc(CN(C)C(=O)N[C@@H](CCN2CCCC2=O)C(=O)N[C@@H](CC[C@@H](CCc2ccccc2)NC(=O)OCc2cncs2)Cc2ccccc2)cs1. The lowest BCUT2D eigenvalue weighted by atomic mass is 9.96. The van der Waals surface area contributed by atoms with Gasteiger partial charge in [-0.3, -0.25) is 14.6 Å². The number of nitrogens with zero attached hydrogens (tertiary/aromatic N) is 4. The van der Waals surface area contributed by atoms with Gasteiger partial charge in [0, 0.05) is 56.1 Å². The van der Waals surface area contributed by atoms with E-state index in [1.165, 1.54) is 16.2 Å². The molecule has 0 unspecified atom stereocenters. The van der Waals surface area contributed by atoms with Crippen LogP contribution in [0.4, 0.5) is 9.59 Å². The second-order valence-electron chi connectivity index (χ2n) is 14.3. The van der Waals surface area contributed by atoms with Crippen molar-refractivity contribution in [1.82, 2.24) is 35.7 Å². The Morgan fingerprint density at radius 3 is 2.29 bits per heavy atom. The van der Waals surface area contributed by atoms with E-state index in [1.807, 2.05) is 53.9 Å². The molecule has 5 amide bonds. The number of aryl methyl sites for hydroxylation is 1. The van der Waals surface area contributed by atoms with Gasteiger partial charge in [-0.05, 0) is 56.1 Å². The van der Waals surface area contributed by atoms with Gasteiger partial charge >= 0.3 is 12.1 Å². The van der Waals surface area contributed by atoms with Gasteiger partial charge < -0.3 is 30.5 Å². The minimum absolute atomic E-state index is 0.0636. The van der Waals surface area contributed by atoms with Crippen LogP contribution in [0.15, 0.2) is 77.8 Å². The van der Waals surface area contributed by atoms with Gasteiger partial charge in [0.05, 0.1) is 27.6 Å². The van der Waals surface area contributed by atoms with Crippen LogP contribution >= 0.6 is 22.7 Å². The molecule has 14 heteroatoms. The summed E-state index contributed by atoms with van der Waals surface area (Å²) < 4.78 is 5.52. The maximum Gasteiger partial charge on any atom is 0.407 e. The first-order valence-electron chi connectivity index (χ1n) is 19.1. The number of amides is 5. The fourth-order valence-electron chi connectivity index (χ4n) is 6.49. The smallest absolute Gasteiger partial charge is 0.407 e. The lowest BCUT2D eigenvalue weighted by Crippen LogP contribution is -2.53. The number of carbonyl (C=O) groups is 4. The number of hydrogen-bond donors (Lipinski definition) is 3. The zero-order chi connectivity index (χ0) is 39.0. The summed E-state index contributed by atoms with van der Waals surface area (Å²) >= 11 is 2.99. The number of hydrogen-bond acceptors (Lipinski definition) is 9. The largest absolute Gasteiger partial charge is 0.444 e. The Labute approximate surface area is 332 Å². The van der Waals surface area contributed by atoms with Gasteiger partial charge in [-0.2, -0.15) is 0 Å². The molecule has 2 aromatic carbocycles. The van der Waals surface area contributed by atoms with Crippen LogP contribution in [0.5, 0.6) is 0 Å². The first-order chi connectivity index (χ1) is 26.6. The van der Waals surface area contributed by atoms with Crippen LogP contribution < -0.4 is 16.0 Å². The number of carbonyl (C=O) groups excluding carboxylic acids is 4. The number of alkyl carbamates (subject to hydrolysis) is 1. The predicted molar refractivity (Wildman–Crippen MR) is 216 cm³/mol. The Balaban J connectivity index is 1.28. The van der Waals surface area contributed by atoms with Crippen molar-refractivity contribution >= 4 is 46.6 Å². The van der Waals surface area contributed by atoms with Crippen molar-refractivity contribution in [3.05, 3.63) is 104 Å². The summed E-state index contributed by atoms with van der Waals surface area (Å²) in [5.41, 5.74) is 4.71. The molecule has 4 aromatic rings. The molecule has 2 aromatic heterocycles. The molecular weight excluding hydrogens is 735 g/mol. The van der Waals surface area contributed by atoms with E-state index in [9.17, 15) is 19.2 Å². The highest BCUT2D eigenvalue weighted by molar-refractivity contribution is 7.09. The number of benzene rings is 2. The first kappa shape index (κ1) is 41.3. The lowest BCUT2D eigenvalue weighted by molar-refractivity contribution is -0.129. The second kappa shape index (κ2) is 21.3. The standard InChI is InChI=1S/C41H53N7O5S2/c1-29(2)39-44-34(27-54-39)25-47(3)40(51)46-36(20-22-48-21-10-15-37(48)49)38(50)43-33(23-31-13-8-5-9-14-31)19-18-32(17-16-30-11-6-4-7-12-30)45-41(52)53-26-35-24-42-28-55-35/h4-9,11-14,24,27-29,32-33,36H,10,15-23,25-26H2,1-3H3,(H,43,50)(H,45,52)(H,46,51)/t32-,33+,36+/m1/s1. The van der Waals surface area contributed by atoms with E-state index in [1.54, 1.807) is 35.0 Å². The van der Waals surface area contributed by atoms with Crippen molar-refractivity contribution in [1.29, 1.82) is 0 Å². The summed E-state index contributed by atoms with van der Waals surface area (Å²) in [6.45, 7) is 5.61. The number of nitrogens with one attached hydrogen (secondary N) is 3. The van der Waals surface area contributed by atoms with Crippen LogP contribution in [0.25, 0.3) is 0 Å². The minimum atomic E-state index is -0.878. The van der Waals surface area contributed by atoms with E-state index >= 15 is 0 Å². The van der Waals surface area contributed by atoms with Crippen molar-refractivity contribution in [2.75, 3.05) is 20.1 Å². The predicted octanol–water partition coefficient (Wildman–Crippen LogP) is 6.68. The molecule has 1 saturated heterocycles. The molecule has 3 N–H and O–H groups in total. The van der Waals surface area contributed by atoms with Crippen molar-refractivity contribution in [2.24, 2.45) is 0 Å². The lowest BCUT2D eigenvalue weighted by Gasteiger charge is -2.28. The molecule has 3 heterocycles. The first-order valence-corrected chi connectivity index (χ1v) is 20.8. The minimum Gasteiger partial charge on any atom is -0.444 e. The molecular formula is C41H53N7O5S2. The number of urea groups is 1. The number of likely N-dealkylation sites (tertiary alicyclic amines) is 1. The van der Waals surface area contributed by atoms with E-state index in [2.05, 4.69) is 51.9 Å². The average Bonchev–Trinajstić information content (AvgIpc) is 3.97. The fourth-order valence-corrected chi connectivity index (χ4v) is 7.82. The van der Waals surface area contributed by atoms with Crippen molar-refractivity contribution < 1.29 is 23.9 Å². The van der Waals surface area contributed by atoms with Crippen molar-refractivity contribution in [3.63, 3.8) is 0 Å². The third-order valence-electron chi connectivity index (χ3n) is 9.59. The normalized spacial score (nSPS) is 14.3. The molecule has 3 atom stereocenters. The van der Waals surface area contributed by atoms with Crippen LogP contribution in [0.2, 0.25) is 0 Å². The van der Waals surface area contributed by atoms with E-state index in [0.29, 0.717) is 57.7 Å². The van der Waals surface area contributed by atoms with Gasteiger partial charge in [0.2, 0.25) is 11.8 Å². The van der Waals surface area contributed by atoms with Crippen molar-refractivity contribution in [2.45, 2.75) is 102 Å². The number of thiazole rings is 2. The number of aromatic nitrogens is 2. The molecule has 0 saturated carbocycles. The quantitative estimate of drug-likeness (QED) is 0.0906. The fraction of sp³-hybridized carbons (Fsp3) is 0.463. The second-order valence-corrected chi connectivity index (χ2v) is 16.2.